The van der Waals surface area contributed by atoms with E-state index in [0.717, 1.165) is 12.8 Å². The van der Waals surface area contributed by atoms with Gasteiger partial charge in [-0.3, -0.25) is 4.90 Å². The number of rotatable bonds is 6. The molecule has 0 aromatic heterocycles. The summed E-state index contributed by atoms with van der Waals surface area (Å²) in [6.45, 7) is 1.97. The molecular formula is C18H20ClFN2O4. The molecule has 1 heterocycles. The number of hydrogen-bond donors (Lipinski definition) is 1. The van der Waals surface area contributed by atoms with Crippen LogP contribution in [0.15, 0.2) is 29.5 Å². The molecule has 1 aromatic rings. The molecule has 2 aliphatic rings. The number of ether oxygens (including phenoxy) is 2. The van der Waals surface area contributed by atoms with Crippen molar-refractivity contribution in [1.29, 1.82) is 0 Å². The van der Waals surface area contributed by atoms with Gasteiger partial charge in [-0.15, -0.1) is 0 Å². The monoisotopic (exact) mass is 382 g/mol. The number of amides is 2. The predicted octanol–water partition coefficient (Wildman–Crippen LogP) is 3.17. The molecule has 1 N–H and O–H groups in total. The molecule has 8 heteroatoms. The summed E-state index contributed by atoms with van der Waals surface area (Å²) in [5, 5.41) is 2.84. The largest absolute Gasteiger partial charge is 0.460 e. The normalized spacial score (nSPS) is 20.2. The van der Waals surface area contributed by atoms with Gasteiger partial charge in [0.05, 0.1) is 18.2 Å². The first-order valence-corrected chi connectivity index (χ1v) is 8.74. The Bertz CT molecular complexity index is 743. The topological polar surface area (TPSA) is 67.9 Å². The van der Waals surface area contributed by atoms with Gasteiger partial charge in [0.15, 0.2) is 0 Å². The molecule has 0 spiro atoms. The van der Waals surface area contributed by atoms with Gasteiger partial charge in [-0.05, 0) is 31.9 Å². The third-order valence-electron chi connectivity index (χ3n) is 4.47. The van der Waals surface area contributed by atoms with E-state index in [9.17, 15) is 14.0 Å². The van der Waals surface area contributed by atoms with Crippen LogP contribution >= 0.6 is 11.6 Å². The number of urea groups is 1. The summed E-state index contributed by atoms with van der Waals surface area (Å²) >= 11 is 6.17. The molecule has 1 aliphatic carbocycles. The molecule has 1 aliphatic heterocycles. The van der Waals surface area contributed by atoms with Crippen LogP contribution in [0.2, 0.25) is 5.02 Å². The lowest BCUT2D eigenvalue weighted by Crippen LogP contribution is -2.49. The van der Waals surface area contributed by atoms with Gasteiger partial charge in [0.1, 0.15) is 12.4 Å². The van der Waals surface area contributed by atoms with Crippen molar-refractivity contribution >= 4 is 23.6 Å². The lowest BCUT2D eigenvalue weighted by Gasteiger charge is -2.35. The summed E-state index contributed by atoms with van der Waals surface area (Å²) in [6, 6.07) is 2.89. The van der Waals surface area contributed by atoms with E-state index in [0.29, 0.717) is 5.70 Å². The van der Waals surface area contributed by atoms with E-state index in [1.54, 1.807) is 6.92 Å². The maximum Gasteiger partial charge on any atom is 0.338 e. The van der Waals surface area contributed by atoms with Crippen molar-refractivity contribution in [3.05, 3.63) is 45.9 Å². The summed E-state index contributed by atoms with van der Waals surface area (Å²) in [5.74, 6) is -1.23. The quantitative estimate of drug-likeness (QED) is 0.606. The molecule has 3 rings (SSSR count). The van der Waals surface area contributed by atoms with Gasteiger partial charge in [-0.2, -0.15) is 0 Å². The average molecular weight is 383 g/mol. The van der Waals surface area contributed by atoms with Crippen LogP contribution in [0.25, 0.3) is 0 Å². The van der Waals surface area contributed by atoms with Gasteiger partial charge in [0.25, 0.3) is 0 Å². The molecule has 0 radical (unpaired) electrons. The number of nitrogens with zero attached hydrogens (tertiary/aromatic N) is 1. The maximum absolute atomic E-state index is 14.5. The van der Waals surface area contributed by atoms with Crippen LogP contribution < -0.4 is 5.32 Å². The number of methoxy groups -OCH3 is 1. The first kappa shape index (κ1) is 18.7. The van der Waals surface area contributed by atoms with Gasteiger partial charge in [-0.25, -0.2) is 14.0 Å². The van der Waals surface area contributed by atoms with Gasteiger partial charge in [0, 0.05) is 29.4 Å². The first-order chi connectivity index (χ1) is 12.5. The third kappa shape index (κ3) is 3.54. The molecule has 0 saturated heterocycles. The lowest BCUT2D eigenvalue weighted by atomic mass is 9.94. The zero-order valence-corrected chi connectivity index (χ0v) is 15.3. The molecule has 1 atom stereocenters. The maximum atomic E-state index is 14.5. The van der Waals surface area contributed by atoms with Gasteiger partial charge in [-0.1, -0.05) is 17.7 Å². The smallest absolute Gasteiger partial charge is 0.338 e. The van der Waals surface area contributed by atoms with E-state index in [2.05, 4.69) is 5.32 Å². The van der Waals surface area contributed by atoms with Crippen molar-refractivity contribution in [2.24, 2.45) is 0 Å². The molecule has 2 amide bonds. The molecule has 1 saturated carbocycles. The SMILES string of the molecule is COCCOC(=O)C1=C(C)N(C2CC2)C(=O)N[C@H]1c1c(F)cccc1Cl. The molecule has 6 nitrogen and oxygen atoms in total. The second kappa shape index (κ2) is 7.63. The summed E-state index contributed by atoms with van der Waals surface area (Å²) in [5.41, 5.74) is 0.693. The fourth-order valence-corrected chi connectivity index (χ4v) is 3.36. The zero-order valence-electron chi connectivity index (χ0n) is 14.6. The van der Waals surface area contributed by atoms with Crippen LogP contribution in [-0.4, -0.2) is 43.3 Å². The number of nitrogens with one attached hydrogen (secondary N) is 1. The molecule has 140 valence electrons. The Kier molecular flexibility index (Phi) is 5.48. The Morgan fingerprint density at radius 3 is 2.73 bits per heavy atom. The minimum atomic E-state index is -1.01. The second-order valence-electron chi connectivity index (χ2n) is 6.25. The minimum Gasteiger partial charge on any atom is -0.460 e. The summed E-state index contributed by atoms with van der Waals surface area (Å²) in [7, 11) is 1.50. The molecule has 1 aromatic carbocycles. The van der Waals surface area contributed by atoms with E-state index in [4.69, 9.17) is 21.1 Å². The highest BCUT2D eigenvalue weighted by Gasteiger charge is 2.43. The van der Waals surface area contributed by atoms with E-state index in [-0.39, 0.29) is 41.4 Å². The number of hydrogen-bond acceptors (Lipinski definition) is 4. The number of carbonyl (C=O) groups is 2. The van der Waals surface area contributed by atoms with E-state index in [1.807, 2.05) is 0 Å². The Morgan fingerprint density at radius 2 is 2.12 bits per heavy atom. The van der Waals surface area contributed by atoms with Crippen LogP contribution in [0.5, 0.6) is 0 Å². The van der Waals surface area contributed by atoms with Crippen molar-refractivity contribution in [2.75, 3.05) is 20.3 Å². The minimum absolute atomic E-state index is 0.0498. The van der Waals surface area contributed by atoms with Gasteiger partial charge < -0.3 is 14.8 Å². The molecule has 26 heavy (non-hydrogen) atoms. The van der Waals surface area contributed by atoms with E-state index >= 15 is 0 Å². The third-order valence-corrected chi connectivity index (χ3v) is 4.80. The van der Waals surface area contributed by atoms with Crippen molar-refractivity contribution < 1.29 is 23.5 Å². The highest BCUT2D eigenvalue weighted by molar-refractivity contribution is 6.31. The van der Waals surface area contributed by atoms with Crippen LogP contribution in [0, 0.1) is 5.82 Å². The first-order valence-electron chi connectivity index (χ1n) is 8.36. The van der Waals surface area contributed by atoms with Crippen LogP contribution in [0.3, 0.4) is 0 Å². The number of halogens is 2. The van der Waals surface area contributed by atoms with Crippen molar-refractivity contribution in [3.63, 3.8) is 0 Å². The Morgan fingerprint density at radius 1 is 1.38 bits per heavy atom. The van der Waals surface area contributed by atoms with Crippen molar-refractivity contribution in [1.82, 2.24) is 10.2 Å². The van der Waals surface area contributed by atoms with E-state index in [1.165, 1.54) is 30.2 Å². The summed E-state index contributed by atoms with van der Waals surface area (Å²) in [6.07, 6.45) is 1.73. The molecule has 0 bridgehead atoms. The van der Waals surface area contributed by atoms with Crippen molar-refractivity contribution in [2.45, 2.75) is 31.8 Å². The Labute approximate surface area is 155 Å². The van der Waals surface area contributed by atoms with Gasteiger partial charge >= 0.3 is 12.0 Å². The summed E-state index contributed by atoms with van der Waals surface area (Å²) in [4.78, 5) is 26.8. The predicted molar refractivity (Wildman–Crippen MR) is 93.1 cm³/mol. The molecule has 0 unspecified atom stereocenters. The summed E-state index contributed by atoms with van der Waals surface area (Å²) < 4.78 is 24.6. The molecule has 1 fully saturated rings. The van der Waals surface area contributed by atoms with Gasteiger partial charge in [0.2, 0.25) is 0 Å². The van der Waals surface area contributed by atoms with Crippen LogP contribution in [0.4, 0.5) is 9.18 Å². The number of carbonyl (C=O) groups excluding carboxylic acids is 2. The highest BCUT2D eigenvalue weighted by Crippen LogP contribution is 2.40. The fraction of sp³-hybridized carbons (Fsp3) is 0.444. The van der Waals surface area contributed by atoms with Crippen LogP contribution in [0.1, 0.15) is 31.4 Å². The number of esters is 1. The number of allylic oxidation sites excluding steroid dienone is 1. The van der Waals surface area contributed by atoms with Crippen LogP contribution in [-0.2, 0) is 14.3 Å². The average Bonchev–Trinajstić information content (AvgIpc) is 3.39. The number of benzene rings is 1. The second-order valence-corrected chi connectivity index (χ2v) is 6.65. The zero-order chi connectivity index (χ0) is 18.8. The Hall–Kier alpha value is -2.12. The van der Waals surface area contributed by atoms with E-state index < -0.39 is 17.8 Å². The Balaban J connectivity index is 2.03. The fourth-order valence-electron chi connectivity index (χ4n) is 3.09. The molecular weight excluding hydrogens is 363 g/mol. The van der Waals surface area contributed by atoms with Crippen molar-refractivity contribution in [3.8, 4) is 0 Å². The lowest BCUT2D eigenvalue weighted by molar-refractivity contribution is -0.140. The standard InChI is InChI=1S/C18H20ClFN2O4/c1-10-14(17(23)26-9-8-25-2)16(15-12(19)4-3-5-13(15)20)21-18(24)22(10)11-6-7-11/h3-5,11,16H,6-9H2,1-2H3,(H,21,24)/t16-/m1/s1. The highest BCUT2D eigenvalue weighted by atomic mass is 35.5.